The minimum atomic E-state index is -0.597. The number of nitrogens with zero attached hydrogens (tertiary/aromatic N) is 1. The van der Waals surface area contributed by atoms with Gasteiger partial charge in [0, 0.05) is 26.6 Å². The third-order valence-electron chi connectivity index (χ3n) is 2.41. The largest absolute Gasteiger partial charge is 0.467 e. The van der Waals surface area contributed by atoms with Crippen LogP contribution in [-0.4, -0.2) is 62.8 Å². The molecule has 1 aliphatic heterocycles. The Bertz CT molecular complexity index is 251. The lowest BCUT2D eigenvalue weighted by Gasteiger charge is -2.29. The molecule has 1 rings (SSSR count). The first-order valence-corrected chi connectivity index (χ1v) is 5.28. The van der Waals surface area contributed by atoms with Gasteiger partial charge in [0.1, 0.15) is 6.04 Å². The van der Waals surface area contributed by atoms with Gasteiger partial charge in [0.05, 0.1) is 20.3 Å². The van der Waals surface area contributed by atoms with Crippen molar-refractivity contribution in [3.63, 3.8) is 0 Å². The summed E-state index contributed by atoms with van der Waals surface area (Å²) >= 11 is 0. The maximum atomic E-state index is 11.4. The van der Waals surface area contributed by atoms with Crippen molar-refractivity contribution in [2.45, 2.75) is 13.0 Å². The van der Waals surface area contributed by atoms with Crippen molar-refractivity contribution in [2.24, 2.45) is 0 Å². The molecule has 1 saturated heterocycles. The quantitative estimate of drug-likeness (QED) is 0.627. The van der Waals surface area contributed by atoms with Gasteiger partial charge in [0.15, 0.2) is 0 Å². The molecule has 0 aromatic carbocycles. The summed E-state index contributed by atoms with van der Waals surface area (Å²) in [6.07, 6.45) is 0. The van der Waals surface area contributed by atoms with Gasteiger partial charge in [0.2, 0.25) is 5.91 Å². The highest BCUT2D eigenvalue weighted by atomic mass is 16.5. The molecule has 1 heterocycles. The minimum Gasteiger partial charge on any atom is -0.467 e. The number of nitrogens with one attached hydrogen (secondary N) is 1. The molecule has 0 radical (unpaired) electrons. The van der Waals surface area contributed by atoms with Crippen molar-refractivity contribution in [2.75, 3.05) is 40.0 Å². The van der Waals surface area contributed by atoms with Crippen LogP contribution < -0.4 is 5.32 Å². The van der Waals surface area contributed by atoms with E-state index in [4.69, 9.17) is 4.74 Å². The number of methoxy groups -OCH3 is 1. The summed E-state index contributed by atoms with van der Waals surface area (Å²) in [7, 11) is 1.32. The summed E-state index contributed by atoms with van der Waals surface area (Å²) in [6, 6.07) is -0.597. The molecule has 0 spiro atoms. The summed E-state index contributed by atoms with van der Waals surface area (Å²) in [4.78, 5) is 24.5. The van der Waals surface area contributed by atoms with Gasteiger partial charge < -0.3 is 14.8 Å². The highest BCUT2D eigenvalue weighted by Crippen LogP contribution is 2.00. The van der Waals surface area contributed by atoms with Gasteiger partial charge in [-0.25, -0.2) is 4.79 Å². The molecule has 1 N–H and O–H groups in total. The normalized spacial score (nSPS) is 18.9. The predicted molar refractivity (Wildman–Crippen MR) is 56.9 cm³/mol. The van der Waals surface area contributed by atoms with E-state index >= 15 is 0 Å². The lowest BCUT2D eigenvalue weighted by molar-refractivity contribution is -0.145. The molecule has 92 valence electrons. The fourth-order valence-electron chi connectivity index (χ4n) is 1.61. The van der Waals surface area contributed by atoms with Crippen LogP contribution in [0.5, 0.6) is 0 Å². The molecule has 6 nitrogen and oxygen atoms in total. The number of ether oxygens (including phenoxy) is 2. The Morgan fingerprint density at radius 3 is 2.56 bits per heavy atom. The highest BCUT2D eigenvalue weighted by Gasteiger charge is 2.24. The Morgan fingerprint density at radius 1 is 1.44 bits per heavy atom. The Labute approximate surface area is 94.9 Å². The Balaban J connectivity index is 2.47. The SMILES string of the molecule is COC(=O)C(CN1CCOCC1)NC(C)=O. The van der Waals surface area contributed by atoms with Crippen LogP contribution in [0.1, 0.15) is 6.92 Å². The lowest BCUT2D eigenvalue weighted by atomic mass is 10.2. The van der Waals surface area contributed by atoms with E-state index in [-0.39, 0.29) is 5.91 Å². The second kappa shape index (κ2) is 6.44. The second-order valence-corrected chi connectivity index (χ2v) is 3.69. The van der Waals surface area contributed by atoms with Crippen LogP contribution in [0.2, 0.25) is 0 Å². The number of esters is 1. The number of carbonyl (C=O) groups is 2. The van der Waals surface area contributed by atoms with E-state index in [0.717, 1.165) is 13.1 Å². The molecule has 1 aliphatic rings. The molecule has 1 amide bonds. The number of carbonyl (C=O) groups excluding carboxylic acids is 2. The first kappa shape index (κ1) is 12.9. The van der Waals surface area contributed by atoms with Crippen LogP contribution in [0.4, 0.5) is 0 Å². The van der Waals surface area contributed by atoms with Crippen LogP contribution in [0, 0.1) is 0 Å². The predicted octanol–water partition coefficient (Wildman–Crippen LogP) is -1.00. The van der Waals surface area contributed by atoms with Gasteiger partial charge in [-0.1, -0.05) is 0 Å². The van der Waals surface area contributed by atoms with Crippen molar-refractivity contribution in [3.05, 3.63) is 0 Å². The molecular formula is C10H18N2O4. The fraction of sp³-hybridized carbons (Fsp3) is 0.800. The van der Waals surface area contributed by atoms with Crippen LogP contribution in [0.25, 0.3) is 0 Å². The van der Waals surface area contributed by atoms with E-state index < -0.39 is 12.0 Å². The molecule has 0 aromatic heterocycles. The topological polar surface area (TPSA) is 67.9 Å². The molecule has 0 aliphatic carbocycles. The van der Waals surface area contributed by atoms with Gasteiger partial charge >= 0.3 is 5.97 Å². The molecule has 6 heteroatoms. The number of rotatable bonds is 4. The molecular weight excluding hydrogens is 212 g/mol. The van der Waals surface area contributed by atoms with Crippen LogP contribution in [0.3, 0.4) is 0 Å². The number of morpholine rings is 1. The summed E-state index contributed by atoms with van der Waals surface area (Å²) < 4.78 is 9.85. The Hall–Kier alpha value is -1.14. The minimum absolute atomic E-state index is 0.233. The fourth-order valence-corrected chi connectivity index (χ4v) is 1.61. The van der Waals surface area contributed by atoms with E-state index in [1.54, 1.807) is 0 Å². The van der Waals surface area contributed by atoms with E-state index in [2.05, 4.69) is 15.0 Å². The standard InChI is InChI=1S/C10H18N2O4/c1-8(13)11-9(10(14)15-2)7-12-3-5-16-6-4-12/h9H,3-7H2,1-2H3,(H,11,13). The number of hydrogen-bond donors (Lipinski definition) is 1. The lowest BCUT2D eigenvalue weighted by Crippen LogP contribution is -2.50. The van der Waals surface area contributed by atoms with Crippen LogP contribution in [-0.2, 0) is 19.1 Å². The van der Waals surface area contributed by atoms with Gasteiger partial charge in [-0.2, -0.15) is 0 Å². The van der Waals surface area contributed by atoms with E-state index in [9.17, 15) is 9.59 Å². The molecule has 0 aromatic rings. The van der Waals surface area contributed by atoms with Crippen molar-refractivity contribution >= 4 is 11.9 Å². The Morgan fingerprint density at radius 2 is 2.06 bits per heavy atom. The van der Waals surface area contributed by atoms with Crippen molar-refractivity contribution < 1.29 is 19.1 Å². The van der Waals surface area contributed by atoms with Crippen LogP contribution in [0.15, 0.2) is 0 Å². The average molecular weight is 230 g/mol. The molecule has 16 heavy (non-hydrogen) atoms. The summed E-state index contributed by atoms with van der Waals surface area (Å²) in [6.45, 7) is 4.72. The summed E-state index contributed by atoms with van der Waals surface area (Å²) in [5, 5.41) is 2.58. The first-order chi connectivity index (χ1) is 7.63. The summed E-state index contributed by atoms with van der Waals surface area (Å²) in [5.74, 6) is -0.648. The van der Waals surface area contributed by atoms with Gasteiger partial charge in [-0.15, -0.1) is 0 Å². The number of amides is 1. The number of hydrogen-bond acceptors (Lipinski definition) is 5. The third-order valence-corrected chi connectivity index (χ3v) is 2.41. The van der Waals surface area contributed by atoms with E-state index in [1.807, 2.05) is 0 Å². The molecule has 0 bridgehead atoms. The van der Waals surface area contributed by atoms with Crippen molar-refractivity contribution in [1.82, 2.24) is 10.2 Å². The summed E-state index contributed by atoms with van der Waals surface area (Å²) in [5.41, 5.74) is 0. The van der Waals surface area contributed by atoms with Crippen molar-refractivity contribution in [3.8, 4) is 0 Å². The zero-order valence-electron chi connectivity index (χ0n) is 9.69. The second-order valence-electron chi connectivity index (χ2n) is 3.69. The maximum absolute atomic E-state index is 11.4. The molecule has 0 saturated carbocycles. The van der Waals surface area contributed by atoms with Crippen LogP contribution >= 0.6 is 0 Å². The van der Waals surface area contributed by atoms with E-state index in [1.165, 1.54) is 14.0 Å². The molecule has 1 atom stereocenters. The third kappa shape index (κ3) is 4.16. The smallest absolute Gasteiger partial charge is 0.329 e. The maximum Gasteiger partial charge on any atom is 0.329 e. The van der Waals surface area contributed by atoms with Gasteiger partial charge in [-0.05, 0) is 0 Å². The monoisotopic (exact) mass is 230 g/mol. The highest BCUT2D eigenvalue weighted by molar-refractivity contribution is 5.83. The van der Waals surface area contributed by atoms with Crippen molar-refractivity contribution in [1.29, 1.82) is 0 Å². The molecule has 1 unspecified atom stereocenters. The zero-order valence-corrected chi connectivity index (χ0v) is 9.69. The van der Waals surface area contributed by atoms with Gasteiger partial charge in [0.25, 0.3) is 0 Å². The first-order valence-electron chi connectivity index (χ1n) is 5.28. The molecule has 1 fully saturated rings. The average Bonchev–Trinajstić information content (AvgIpc) is 2.28. The zero-order chi connectivity index (χ0) is 12.0. The Kier molecular flexibility index (Phi) is 5.21. The van der Waals surface area contributed by atoms with E-state index in [0.29, 0.717) is 19.8 Å². The van der Waals surface area contributed by atoms with Gasteiger partial charge in [-0.3, -0.25) is 9.69 Å².